The van der Waals surface area contributed by atoms with E-state index < -0.39 is 10.3 Å². The van der Waals surface area contributed by atoms with E-state index in [2.05, 4.69) is 6.58 Å². The van der Waals surface area contributed by atoms with Crippen molar-refractivity contribution >= 4 is 58.0 Å². The zero-order valence-electron chi connectivity index (χ0n) is 5.59. The molecule has 0 N–H and O–H groups in total. The molecule has 0 aliphatic heterocycles. The van der Waals surface area contributed by atoms with Gasteiger partial charge in [-0.1, -0.05) is 18.2 Å². The third-order valence-corrected chi connectivity index (χ3v) is 3.60. The van der Waals surface area contributed by atoms with E-state index in [-0.39, 0.29) is 16.8 Å². The van der Waals surface area contributed by atoms with Crippen molar-refractivity contribution in [3.63, 3.8) is 0 Å². The smallest absolute Gasteiger partial charge is 0.120 e. The Morgan fingerprint density at radius 2 is 1.64 bits per heavy atom. The molecule has 0 aliphatic carbocycles. The van der Waals surface area contributed by atoms with Crippen LogP contribution in [0.15, 0.2) is 11.6 Å². The molecule has 0 nitrogen and oxygen atoms in total. The Balaban J connectivity index is 4.61. The molecule has 0 atom stereocenters. The van der Waals surface area contributed by atoms with Gasteiger partial charge >= 0.3 is 0 Å². The monoisotopic (exact) mass is 254 g/mol. The standard InChI is InChI=1S/C6H7Cl5/c1-4(9)6(2-7,3-8)5(10)11/h5H,1-3H2. The predicted octanol–water partition coefficient (Wildman–Crippen LogP) is 4.01. The molecule has 66 valence electrons. The fourth-order valence-electron chi connectivity index (χ4n) is 0.416. The molecule has 5 heteroatoms. The molecule has 0 aromatic rings. The molecule has 0 aliphatic rings. The van der Waals surface area contributed by atoms with Crippen LogP contribution in [0, 0.1) is 5.41 Å². The van der Waals surface area contributed by atoms with Crippen molar-refractivity contribution in [3.05, 3.63) is 11.6 Å². The van der Waals surface area contributed by atoms with E-state index in [0.717, 1.165) is 0 Å². The normalized spacial score (nSPS) is 12.2. The van der Waals surface area contributed by atoms with Gasteiger partial charge in [-0.3, -0.25) is 0 Å². The number of allylic oxidation sites excluding steroid dienone is 1. The number of hydrogen-bond acceptors (Lipinski definition) is 0. The highest BCUT2D eigenvalue weighted by Gasteiger charge is 2.37. The van der Waals surface area contributed by atoms with Gasteiger partial charge in [0.1, 0.15) is 4.84 Å². The zero-order chi connectivity index (χ0) is 9.07. The van der Waals surface area contributed by atoms with E-state index in [0.29, 0.717) is 0 Å². The molecule has 0 bridgehead atoms. The molecule has 0 saturated carbocycles. The lowest BCUT2D eigenvalue weighted by Crippen LogP contribution is -2.32. The molecular weight excluding hydrogens is 249 g/mol. The Labute approximate surface area is 91.4 Å². The summed E-state index contributed by atoms with van der Waals surface area (Å²) in [5.74, 6) is 0.326. The fraction of sp³-hybridized carbons (Fsp3) is 0.667. The van der Waals surface area contributed by atoms with Crippen LogP contribution in [0.1, 0.15) is 0 Å². The summed E-state index contributed by atoms with van der Waals surface area (Å²) in [6, 6.07) is 0. The molecule has 0 spiro atoms. The summed E-state index contributed by atoms with van der Waals surface area (Å²) < 4.78 is 0. The van der Waals surface area contributed by atoms with Gasteiger partial charge in [-0.05, 0) is 0 Å². The molecule has 0 aromatic heterocycles. The second-order valence-corrected chi connectivity index (χ2v) is 4.22. The van der Waals surface area contributed by atoms with Crippen LogP contribution < -0.4 is 0 Å². The predicted molar refractivity (Wildman–Crippen MR) is 54.4 cm³/mol. The van der Waals surface area contributed by atoms with E-state index >= 15 is 0 Å². The topological polar surface area (TPSA) is 0 Å². The van der Waals surface area contributed by atoms with Crippen molar-refractivity contribution < 1.29 is 0 Å². The highest BCUT2D eigenvalue weighted by molar-refractivity contribution is 6.47. The van der Waals surface area contributed by atoms with Gasteiger partial charge in [-0.2, -0.15) is 0 Å². The van der Waals surface area contributed by atoms with Gasteiger partial charge in [-0.15, -0.1) is 46.4 Å². The molecule has 0 saturated heterocycles. The summed E-state index contributed by atoms with van der Waals surface area (Å²) in [7, 11) is 0. The minimum absolute atomic E-state index is 0.163. The summed E-state index contributed by atoms with van der Waals surface area (Å²) >= 11 is 28.2. The zero-order valence-corrected chi connectivity index (χ0v) is 9.37. The van der Waals surface area contributed by atoms with Gasteiger partial charge in [0.2, 0.25) is 0 Å². The van der Waals surface area contributed by atoms with Crippen molar-refractivity contribution in [3.8, 4) is 0 Å². The first-order valence-corrected chi connectivity index (χ1v) is 5.08. The van der Waals surface area contributed by atoms with Crippen LogP contribution in [0.5, 0.6) is 0 Å². The lowest BCUT2D eigenvalue weighted by molar-refractivity contribution is 0.527. The van der Waals surface area contributed by atoms with Gasteiger partial charge in [0, 0.05) is 16.8 Å². The Morgan fingerprint density at radius 3 is 1.64 bits per heavy atom. The van der Waals surface area contributed by atoms with Crippen molar-refractivity contribution in [2.45, 2.75) is 4.84 Å². The van der Waals surface area contributed by atoms with Gasteiger partial charge in [-0.25, -0.2) is 0 Å². The van der Waals surface area contributed by atoms with Crippen molar-refractivity contribution in [2.24, 2.45) is 5.41 Å². The third kappa shape index (κ3) is 2.57. The molecule has 0 amide bonds. The Hall–Kier alpha value is 1.19. The summed E-state index contributed by atoms with van der Waals surface area (Å²) in [5, 5.41) is 0.289. The maximum absolute atomic E-state index is 5.66. The van der Waals surface area contributed by atoms with Crippen LogP contribution in [0.3, 0.4) is 0 Å². The number of rotatable bonds is 4. The molecule has 0 fully saturated rings. The molecule has 0 aromatic carbocycles. The lowest BCUT2D eigenvalue weighted by Gasteiger charge is -2.29. The SMILES string of the molecule is C=C(Cl)C(CCl)(CCl)C(Cl)Cl. The second kappa shape index (κ2) is 5.04. The molecule has 0 heterocycles. The van der Waals surface area contributed by atoms with E-state index in [1.165, 1.54) is 0 Å². The number of halogens is 5. The van der Waals surface area contributed by atoms with Crippen molar-refractivity contribution in [1.29, 1.82) is 0 Å². The van der Waals surface area contributed by atoms with Crippen LogP contribution in [0.25, 0.3) is 0 Å². The Bertz CT molecular complexity index is 138. The van der Waals surface area contributed by atoms with Crippen LogP contribution in [0.4, 0.5) is 0 Å². The number of hydrogen-bond donors (Lipinski definition) is 0. The maximum atomic E-state index is 5.66. The summed E-state index contributed by atoms with van der Waals surface area (Å²) in [4.78, 5) is -0.734. The van der Waals surface area contributed by atoms with Gasteiger partial charge in [0.15, 0.2) is 0 Å². The van der Waals surface area contributed by atoms with Crippen molar-refractivity contribution in [2.75, 3.05) is 11.8 Å². The minimum Gasteiger partial charge on any atom is -0.126 e. The molecular formula is C6H7Cl5. The molecule has 0 unspecified atom stereocenters. The van der Waals surface area contributed by atoms with Crippen LogP contribution >= 0.6 is 58.0 Å². The molecule has 11 heavy (non-hydrogen) atoms. The van der Waals surface area contributed by atoms with Crippen LogP contribution in [-0.4, -0.2) is 16.6 Å². The summed E-state index contributed by atoms with van der Waals surface area (Å²) in [6.45, 7) is 3.52. The minimum atomic E-state index is -0.784. The van der Waals surface area contributed by atoms with Gasteiger partial charge < -0.3 is 0 Å². The average Bonchev–Trinajstić information content (AvgIpc) is 1.90. The quantitative estimate of drug-likeness (QED) is 0.667. The molecule has 0 radical (unpaired) electrons. The number of alkyl halides is 4. The van der Waals surface area contributed by atoms with Crippen molar-refractivity contribution in [1.82, 2.24) is 0 Å². The Morgan fingerprint density at radius 1 is 1.27 bits per heavy atom. The van der Waals surface area contributed by atoms with E-state index in [1.54, 1.807) is 0 Å². The average molecular weight is 256 g/mol. The largest absolute Gasteiger partial charge is 0.126 e. The Kier molecular flexibility index (Phi) is 5.58. The van der Waals surface area contributed by atoms with E-state index in [1.807, 2.05) is 0 Å². The second-order valence-electron chi connectivity index (χ2n) is 2.13. The van der Waals surface area contributed by atoms with E-state index in [9.17, 15) is 0 Å². The van der Waals surface area contributed by atoms with Crippen LogP contribution in [-0.2, 0) is 0 Å². The lowest BCUT2D eigenvalue weighted by atomic mass is 9.95. The maximum Gasteiger partial charge on any atom is 0.120 e. The van der Waals surface area contributed by atoms with E-state index in [4.69, 9.17) is 58.0 Å². The fourth-order valence-corrected chi connectivity index (χ4v) is 2.71. The summed E-state index contributed by atoms with van der Waals surface area (Å²) in [6.07, 6.45) is 0. The first kappa shape index (κ1) is 12.2. The van der Waals surface area contributed by atoms with Gasteiger partial charge in [0.25, 0.3) is 0 Å². The first-order valence-electron chi connectivity index (χ1n) is 2.76. The summed E-state index contributed by atoms with van der Waals surface area (Å²) in [5.41, 5.74) is -0.784. The highest BCUT2D eigenvalue weighted by atomic mass is 35.5. The van der Waals surface area contributed by atoms with Crippen LogP contribution in [0.2, 0.25) is 0 Å². The third-order valence-electron chi connectivity index (χ3n) is 1.43. The molecule has 0 rings (SSSR count). The van der Waals surface area contributed by atoms with Gasteiger partial charge in [0.05, 0.1) is 5.41 Å². The first-order chi connectivity index (χ1) is 5.01. The highest BCUT2D eigenvalue weighted by Crippen LogP contribution is 2.40.